The van der Waals surface area contributed by atoms with E-state index in [-0.39, 0.29) is 18.3 Å². The van der Waals surface area contributed by atoms with E-state index >= 15 is 0 Å². The predicted molar refractivity (Wildman–Crippen MR) is 120 cm³/mol. The summed E-state index contributed by atoms with van der Waals surface area (Å²) in [5.74, 6) is -2.10. The van der Waals surface area contributed by atoms with E-state index in [9.17, 15) is 19.5 Å². The highest BCUT2D eigenvalue weighted by atomic mass is 16.4. The molecule has 31 heavy (non-hydrogen) atoms. The molecule has 0 aliphatic carbocycles. The van der Waals surface area contributed by atoms with E-state index in [1.54, 1.807) is 13.1 Å². The van der Waals surface area contributed by atoms with Gasteiger partial charge in [-0.05, 0) is 29.9 Å². The maximum absolute atomic E-state index is 13.1. The van der Waals surface area contributed by atoms with Crippen molar-refractivity contribution in [3.8, 4) is 0 Å². The number of hydrogen-bond acceptors (Lipinski definition) is 4. The van der Waals surface area contributed by atoms with Crippen molar-refractivity contribution in [3.05, 3.63) is 36.0 Å². The molecule has 2 aromatic rings. The zero-order valence-corrected chi connectivity index (χ0v) is 18.6. The lowest BCUT2D eigenvalue weighted by Gasteiger charge is -2.25. The number of carboxylic acid groups (broad SMARTS) is 1. The Morgan fingerprint density at radius 1 is 1.10 bits per heavy atom. The molecule has 2 rings (SSSR count). The van der Waals surface area contributed by atoms with Gasteiger partial charge in [0.15, 0.2) is 0 Å². The molecular weight excluding hydrogens is 396 g/mol. The van der Waals surface area contributed by atoms with Gasteiger partial charge in [0.2, 0.25) is 11.8 Å². The average Bonchev–Trinajstić information content (AvgIpc) is 3.12. The number of benzene rings is 1. The summed E-state index contributed by atoms with van der Waals surface area (Å²) in [7, 11) is 0. The summed E-state index contributed by atoms with van der Waals surface area (Å²) in [6.07, 6.45) is 3.09. The molecule has 1 heterocycles. The molecule has 8 nitrogen and oxygen atoms in total. The van der Waals surface area contributed by atoms with Crippen LogP contribution in [-0.4, -0.2) is 46.0 Å². The van der Waals surface area contributed by atoms with Gasteiger partial charge in [-0.15, -0.1) is 0 Å². The molecule has 170 valence electrons. The van der Waals surface area contributed by atoms with Gasteiger partial charge >= 0.3 is 5.97 Å². The fourth-order valence-electron chi connectivity index (χ4n) is 3.56. The molecule has 0 aliphatic rings. The van der Waals surface area contributed by atoms with Crippen LogP contribution in [0.25, 0.3) is 10.9 Å². The van der Waals surface area contributed by atoms with Crippen molar-refractivity contribution < 1.29 is 19.5 Å². The smallest absolute Gasteiger partial charge is 0.326 e. The number of H-pyrrole nitrogens is 1. The van der Waals surface area contributed by atoms with Crippen LogP contribution in [0, 0.1) is 11.8 Å². The number of aromatic amines is 1. The minimum atomic E-state index is -1.10. The molecule has 0 unspecified atom stereocenters. The molecule has 0 fully saturated rings. The van der Waals surface area contributed by atoms with E-state index < -0.39 is 35.9 Å². The molecule has 2 amide bonds. The summed E-state index contributed by atoms with van der Waals surface area (Å²) in [4.78, 5) is 40.6. The van der Waals surface area contributed by atoms with E-state index in [2.05, 4.69) is 15.6 Å². The Morgan fingerprint density at radius 3 is 2.39 bits per heavy atom. The third-order valence-electron chi connectivity index (χ3n) is 5.57. The Kier molecular flexibility index (Phi) is 8.62. The van der Waals surface area contributed by atoms with E-state index in [1.165, 1.54) is 0 Å². The highest BCUT2D eigenvalue weighted by Gasteiger charge is 2.31. The number of carbonyl (C=O) groups excluding carboxylic acids is 2. The molecule has 4 atom stereocenters. The Balaban J connectivity index is 2.27. The van der Waals surface area contributed by atoms with Gasteiger partial charge in [0, 0.05) is 23.5 Å². The minimum absolute atomic E-state index is 0.211. The zero-order chi connectivity index (χ0) is 23.1. The van der Waals surface area contributed by atoms with Crippen LogP contribution in [0.5, 0.6) is 0 Å². The standard InChI is InChI=1S/C23H34N4O4/c1-5-14(4)20(23(30)31)27-22(29)19(26-21(28)17(24)10-13(2)3)11-15-12-25-18-9-7-6-8-16(15)18/h6-9,12-14,17,19-20,25H,5,10-11,24H2,1-4H3,(H,26,28)(H,27,29)(H,30,31)/t14-,17-,19-,20-/m0/s1. The van der Waals surface area contributed by atoms with Crippen LogP contribution in [0.2, 0.25) is 0 Å². The summed E-state index contributed by atoms with van der Waals surface area (Å²) in [6, 6.07) is 4.93. The lowest BCUT2D eigenvalue weighted by molar-refractivity contribution is -0.143. The van der Waals surface area contributed by atoms with E-state index in [4.69, 9.17) is 5.73 Å². The third kappa shape index (κ3) is 6.55. The van der Waals surface area contributed by atoms with Crippen LogP contribution < -0.4 is 16.4 Å². The Labute approximate surface area is 183 Å². The second-order valence-corrected chi connectivity index (χ2v) is 8.57. The van der Waals surface area contributed by atoms with Crippen LogP contribution in [0.3, 0.4) is 0 Å². The Hall–Kier alpha value is -2.87. The highest BCUT2D eigenvalue weighted by molar-refractivity contribution is 5.93. The van der Waals surface area contributed by atoms with Gasteiger partial charge in [-0.3, -0.25) is 9.59 Å². The maximum Gasteiger partial charge on any atom is 0.326 e. The second-order valence-electron chi connectivity index (χ2n) is 8.57. The van der Waals surface area contributed by atoms with Crippen molar-refractivity contribution in [1.29, 1.82) is 0 Å². The molecule has 6 N–H and O–H groups in total. The monoisotopic (exact) mass is 430 g/mol. The van der Waals surface area contributed by atoms with Gasteiger partial charge in [0.1, 0.15) is 12.1 Å². The van der Waals surface area contributed by atoms with Crippen molar-refractivity contribution in [1.82, 2.24) is 15.6 Å². The van der Waals surface area contributed by atoms with Crippen molar-refractivity contribution in [2.45, 2.75) is 65.1 Å². The van der Waals surface area contributed by atoms with Gasteiger partial charge < -0.3 is 26.5 Å². The number of carbonyl (C=O) groups is 3. The van der Waals surface area contributed by atoms with Gasteiger partial charge in [0.25, 0.3) is 0 Å². The number of fused-ring (bicyclic) bond motifs is 1. The topological polar surface area (TPSA) is 137 Å². The number of amides is 2. The zero-order valence-electron chi connectivity index (χ0n) is 18.6. The molecule has 0 radical (unpaired) electrons. The van der Waals surface area contributed by atoms with Crippen LogP contribution in [0.15, 0.2) is 30.5 Å². The van der Waals surface area contributed by atoms with Crippen LogP contribution in [0.4, 0.5) is 0 Å². The number of aromatic nitrogens is 1. The highest BCUT2D eigenvalue weighted by Crippen LogP contribution is 2.19. The summed E-state index contributed by atoms with van der Waals surface area (Å²) in [5.41, 5.74) is 7.78. The summed E-state index contributed by atoms with van der Waals surface area (Å²) in [5, 5.41) is 15.8. The van der Waals surface area contributed by atoms with Crippen molar-refractivity contribution in [3.63, 3.8) is 0 Å². The van der Waals surface area contributed by atoms with Gasteiger partial charge in [-0.25, -0.2) is 4.79 Å². The molecule has 0 aliphatic heterocycles. The Morgan fingerprint density at radius 2 is 1.77 bits per heavy atom. The number of carboxylic acids is 1. The normalized spacial score (nSPS) is 15.3. The molecule has 8 heteroatoms. The van der Waals surface area contributed by atoms with Crippen LogP contribution in [0.1, 0.15) is 46.1 Å². The number of rotatable bonds is 11. The summed E-state index contributed by atoms with van der Waals surface area (Å²) >= 11 is 0. The number of hydrogen-bond donors (Lipinski definition) is 5. The molecule has 1 aromatic heterocycles. The van der Waals surface area contributed by atoms with Crippen LogP contribution in [-0.2, 0) is 20.8 Å². The maximum atomic E-state index is 13.1. The first-order valence-electron chi connectivity index (χ1n) is 10.8. The quantitative estimate of drug-likeness (QED) is 0.372. The second kappa shape index (κ2) is 10.9. The number of para-hydroxylation sites is 1. The van der Waals surface area contributed by atoms with Crippen molar-refractivity contribution in [2.75, 3.05) is 0 Å². The summed E-state index contributed by atoms with van der Waals surface area (Å²) < 4.78 is 0. The first kappa shape index (κ1) is 24.4. The minimum Gasteiger partial charge on any atom is -0.480 e. The first-order valence-corrected chi connectivity index (χ1v) is 10.8. The third-order valence-corrected chi connectivity index (χ3v) is 5.57. The Bertz CT molecular complexity index is 908. The van der Waals surface area contributed by atoms with Gasteiger partial charge in [-0.1, -0.05) is 52.3 Å². The van der Waals surface area contributed by atoms with Gasteiger partial charge in [0.05, 0.1) is 6.04 Å². The molecule has 0 saturated carbocycles. The van der Waals surface area contributed by atoms with Crippen molar-refractivity contribution >= 4 is 28.7 Å². The molecule has 0 bridgehead atoms. The fraction of sp³-hybridized carbons (Fsp3) is 0.522. The molecule has 1 aromatic carbocycles. The lowest BCUT2D eigenvalue weighted by atomic mass is 9.97. The molecule has 0 spiro atoms. The summed E-state index contributed by atoms with van der Waals surface area (Å²) in [6.45, 7) is 7.56. The lowest BCUT2D eigenvalue weighted by Crippen LogP contribution is -2.56. The van der Waals surface area contributed by atoms with Crippen molar-refractivity contribution in [2.24, 2.45) is 17.6 Å². The first-order chi connectivity index (χ1) is 14.6. The van der Waals surface area contributed by atoms with Crippen LogP contribution >= 0.6 is 0 Å². The molecular formula is C23H34N4O4. The fourth-order valence-corrected chi connectivity index (χ4v) is 3.56. The average molecular weight is 431 g/mol. The largest absolute Gasteiger partial charge is 0.480 e. The number of aliphatic carboxylic acids is 1. The molecule has 0 saturated heterocycles. The number of nitrogens with one attached hydrogen (secondary N) is 3. The number of nitrogens with two attached hydrogens (primary N) is 1. The van der Waals surface area contributed by atoms with E-state index in [0.717, 1.165) is 16.5 Å². The van der Waals surface area contributed by atoms with E-state index in [0.29, 0.717) is 12.8 Å². The SMILES string of the molecule is CC[C@H](C)[C@H](NC(=O)[C@H](Cc1c[nH]c2ccccc12)NC(=O)[C@@H](N)CC(C)C)C(=O)O. The van der Waals surface area contributed by atoms with E-state index in [1.807, 2.05) is 45.0 Å². The van der Waals surface area contributed by atoms with Gasteiger partial charge in [-0.2, -0.15) is 0 Å². The predicted octanol–water partition coefficient (Wildman–Crippen LogP) is 2.18.